The van der Waals surface area contributed by atoms with Gasteiger partial charge in [0, 0.05) is 31.6 Å². The molecule has 2 aliphatic heterocycles. The molecule has 0 unspecified atom stereocenters. The molecule has 6 heteroatoms. The third-order valence-electron chi connectivity index (χ3n) is 3.35. The van der Waals surface area contributed by atoms with Gasteiger partial charge in [0.15, 0.2) is 0 Å². The lowest BCUT2D eigenvalue weighted by molar-refractivity contribution is -0.146. The smallest absolute Gasteiger partial charge is 0.326 e. The first-order valence-corrected chi connectivity index (χ1v) is 5.62. The molecule has 2 atom stereocenters. The molecule has 0 radical (unpaired) electrons. The Bertz CT molecular complexity index is 385. The first-order valence-electron chi connectivity index (χ1n) is 5.62. The molecule has 17 heavy (non-hydrogen) atoms. The fourth-order valence-electron chi connectivity index (χ4n) is 2.15. The predicted octanol–water partition coefficient (Wildman–Crippen LogP) is -1.05. The standard InChI is InChI=1S/C11H16N2O4/c1-6(7-3-12-4-7)10(15)13-5-8(14)2-9(13)11(16)17/h8-9,12,14H,2-5H2,1H3,(H,16,17)/t8-,9-/m1/s1. The summed E-state index contributed by atoms with van der Waals surface area (Å²) in [5.41, 5.74) is 1.62. The summed E-state index contributed by atoms with van der Waals surface area (Å²) < 4.78 is 0. The molecular weight excluding hydrogens is 224 g/mol. The Hall–Kier alpha value is -1.40. The van der Waals surface area contributed by atoms with Crippen LogP contribution in [0.15, 0.2) is 11.1 Å². The van der Waals surface area contributed by atoms with Crippen LogP contribution in [0.3, 0.4) is 0 Å². The molecule has 2 rings (SSSR count). The highest BCUT2D eigenvalue weighted by molar-refractivity contribution is 5.96. The summed E-state index contributed by atoms with van der Waals surface area (Å²) in [6.45, 7) is 3.19. The maximum atomic E-state index is 12.1. The van der Waals surface area contributed by atoms with Crippen molar-refractivity contribution in [2.45, 2.75) is 25.5 Å². The number of hydrogen-bond donors (Lipinski definition) is 3. The third-order valence-corrected chi connectivity index (χ3v) is 3.35. The van der Waals surface area contributed by atoms with Crippen molar-refractivity contribution < 1.29 is 19.8 Å². The van der Waals surface area contributed by atoms with Gasteiger partial charge in [0.05, 0.1) is 6.10 Å². The summed E-state index contributed by atoms with van der Waals surface area (Å²) in [5.74, 6) is -1.33. The fourth-order valence-corrected chi connectivity index (χ4v) is 2.15. The average Bonchev–Trinajstić information content (AvgIpc) is 2.56. The molecule has 0 spiro atoms. The molecular formula is C11H16N2O4. The zero-order valence-electron chi connectivity index (χ0n) is 9.64. The zero-order valence-corrected chi connectivity index (χ0v) is 9.64. The van der Waals surface area contributed by atoms with Crippen molar-refractivity contribution in [3.8, 4) is 0 Å². The second kappa shape index (κ2) is 4.46. The number of β-amino-alcohol motifs (C(OH)–C–C–N with tert-alkyl or cyclic N) is 1. The van der Waals surface area contributed by atoms with E-state index < -0.39 is 18.1 Å². The molecule has 0 aromatic rings. The Labute approximate surface area is 98.9 Å². The van der Waals surface area contributed by atoms with Crippen LogP contribution in [0.25, 0.3) is 0 Å². The van der Waals surface area contributed by atoms with Crippen LogP contribution >= 0.6 is 0 Å². The first-order chi connectivity index (χ1) is 8.00. The Morgan fingerprint density at radius 3 is 2.53 bits per heavy atom. The van der Waals surface area contributed by atoms with Crippen molar-refractivity contribution in [3.63, 3.8) is 0 Å². The maximum Gasteiger partial charge on any atom is 0.326 e. The lowest BCUT2D eigenvalue weighted by atomic mass is 10.0. The third kappa shape index (κ3) is 2.18. The minimum atomic E-state index is -1.06. The van der Waals surface area contributed by atoms with Gasteiger partial charge in [0.2, 0.25) is 5.91 Å². The van der Waals surface area contributed by atoms with E-state index in [1.807, 2.05) is 0 Å². The van der Waals surface area contributed by atoms with Crippen LogP contribution < -0.4 is 5.32 Å². The van der Waals surface area contributed by atoms with E-state index in [0.717, 1.165) is 5.57 Å². The molecule has 2 aliphatic rings. The van der Waals surface area contributed by atoms with Gasteiger partial charge in [-0.2, -0.15) is 0 Å². The number of carbonyl (C=O) groups is 2. The van der Waals surface area contributed by atoms with Gasteiger partial charge < -0.3 is 20.4 Å². The molecule has 0 aliphatic carbocycles. The Morgan fingerprint density at radius 1 is 1.41 bits per heavy atom. The van der Waals surface area contributed by atoms with Gasteiger partial charge in [-0.25, -0.2) is 4.79 Å². The highest BCUT2D eigenvalue weighted by Gasteiger charge is 2.39. The molecule has 3 N–H and O–H groups in total. The molecule has 0 saturated carbocycles. The summed E-state index contributed by atoms with van der Waals surface area (Å²) in [6.07, 6.45) is -0.626. The van der Waals surface area contributed by atoms with Crippen molar-refractivity contribution in [1.29, 1.82) is 0 Å². The van der Waals surface area contributed by atoms with Crippen LogP contribution in [-0.4, -0.2) is 58.8 Å². The molecule has 2 fully saturated rings. The van der Waals surface area contributed by atoms with E-state index >= 15 is 0 Å². The van der Waals surface area contributed by atoms with Crippen LogP contribution in [0.4, 0.5) is 0 Å². The van der Waals surface area contributed by atoms with Crippen LogP contribution in [-0.2, 0) is 9.59 Å². The van der Waals surface area contributed by atoms with Crippen LogP contribution in [0.5, 0.6) is 0 Å². The number of nitrogens with zero attached hydrogens (tertiary/aromatic N) is 1. The molecule has 0 bridgehead atoms. The van der Waals surface area contributed by atoms with Crippen molar-refractivity contribution in [2.24, 2.45) is 0 Å². The molecule has 0 aromatic heterocycles. The number of carboxylic acids is 1. The Morgan fingerprint density at radius 2 is 2.06 bits per heavy atom. The molecule has 2 heterocycles. The van der Waals surface area contributed by atoms with E-state index in [2.05, 4.69) is 5.32 Å². The van der Waals surface area contributed by atoms with E-state index in [4.69, 9.17) is 5.11 Å². The lowest BCUT2D eigenvalue weighted by Crippen LogP contribution is -2.43. The predicted molar refractivity (Wildman–Crippen MR) is 59.3 cm³/mol. The van der Waals surface area contributed by atoms with E-state index in [1.54, 1.807) is 6.92 Å². The topological polar surface area (TPSA) is 89.9 Å². The summed E-state index contributed by atoms with van der Waals surface area (Å²) >= 11 is 0. The van der Waals surface area contributed by atoms with Gasteiger partial charge in [-0.05, 0) is 12.5 Å². The van der Waals surface area contributed by atoms with Crippen molar-refractivity contribution in [2.75, 3.05) is 19.6 Å². The number of aliphatic carboxylic acids is 1. The SMILES string of the molecule is CC(C(=O)N1C[C@H](O)C[C@@H]1C(=O)O)=C1CNC1. The summed E-state index contributed by atoms with van der Waals surface area (Å²) in [5, 5.41) is 21.5. The monoisotopic (exact) mass is 240 g/mol. The molecule has 1 amide bonds. The minimum absolute atomic E-state index is 0.105. The molecule has 2 saturated heterocycles. The number of rotatable bonds is 2. The number of aliphatic hydroxyl groups is 1. The van der Waals surface area contributed by atoms with E-state index in [-0.39, 0.29) is 18.9 Å². The quantitative estimate of drug-likeness (QED) is 0.536. The number of nitrogens with one attached hydrogen (secondary N) is 1. The van der Waals surface area contributed by atoms with Gasteiger partial charge in [0.25, 0.3) is 0 Å². The number of carboxylic acid groups (broad SMARTS) is 1. The Kier molecular flexibility index (Phi) is 3.17. The van der Waals surface area contributed by atoms with Crippen molar-refractivity contribution in [1.82, 2.24) is 10.2 Å². The maximum absolute atomic E-state index is 12.1. The number of aliphatic hydroxyl groups excluding tert-OH is 1. The molecule has 0 aromatic carbocycles. The highest BCUT2D eigenvalue weighted by atomic mass is 16.4. The van der Waals surface area contributed by atoms with Crippen LogP contribution in [0, 0.1) is 0 Å². The van der Waals surface area contributed by atoms with Crippen LogP contribution in [0.1, 0.15) is 13.3 Å². The summed E-state index contributed by atoms with van der Waals surface area (Å²) in [6, 6.07) is -0.902. The van der Waals surface area contributed by atoms with Gasteiger partial charge in [-0.1, -0.05) is 0 Å². The Balaban J connectivity index is 2.15. The largest absolute Gasteiger partial charge is 0.480 e. The summed E-state index contributed by atoms with van der Waals surface area (Å²) in [7, 11) is 0. The average molecular weight is 240 g/mol. The number of amides is 1. The van der Waals surface area contributed by atoms with Gasteiger partial charge >= 0.3 is 5.97 Å². The summed E-state index contributed by atoms with van der Waals surface area (Å²) in [4.78, 5) is 24.4. The van der Waals surface area contributed by atoms with Crippen molar-refractivity contribution in [3.05, 3.63) is 11.1 Å². The lowest BCUT2D eigenvalue weighted by Gasteiger charge is -2.26. The van der Waals surface area contributed by atoms with Crippen molar-refractivity contribution >= 4 is 11.9 Å². The van der Waals surface area contributed by atoms with E-state index in [9.17, 15) is 14.7 Å². The first kappa shape index (κ1) is 12.1. The van der Waals surface area contributed by atoms with Gasteiger partial charge in [0.1, 0.15) is 6.04 Å². The van der Waals surface area contributed by atoms with E-state index in [1.165, 1.54) is 4.90 Å². The number of likely N-dealkylation sites (tertiary alicyclic amines) is 1. The molecule has 94 valence electrons. The number of hydrogen-bond acceptors (Lipinski definition) is 4. The van der Waals surface area contributed by atoms with Gasteiger partial charge in [-0.15, -0.1) is 0 Å². The normalized spacial score (nSPS) is 27.9. The van der Waals surface area contributed by atoms with Gasteiger partial charge in [-0.3, -0.25) is 4.79 Å². The van der Waals surface area contributed by atoms with E-state index in [0.29, 0.717) is 18.7 Å². The zero-order chi connectivity index (χ0) is 12.6. The second-order valence-electron chi connectivity index (χ2n) is 4.53. The minimum Gasteiger partial charge on any atom is -0.480 e. The second-order valence-corrected chi connectivity index (χ2v) is 4.53. The van der Waals surface area contributed by atoms with Crippen LogP contribution in [0.2, 0.25) is 0 Å². The molecule has 6 nitrogen and oxygen atoms in total. The highest BCUT2D eigenvalue weighted by Crippen LogP contribution is 2.22. The fraction of sp³-hybridized carbons (Fsp3) is 0.636. The number of carbonyl (C=O) groups excluding carboxylic acids is 1.